The Morgan fingerprint density at radius 2 is 1.78 bits per heavy atom. The summed E-state index contributed by atoms with van der Waals surface area (Å²) in [6, 6.07) is 17.2. The van der Waals surface area contributed by atoms with Gasteiger partial charge in [0.15, 0.2) is 0 Å². The molecule has 0 bridgehead atoms. The number of ether oxygens (including phenoxy) is 1. The molecule has 0 saturated carbocycles. The van der Waals surface area contributed by atoms with E-state index in [2.05, 4.69) is 61.7 Å². The highest BCUT2D eigenvalue weighted by atomic mass is 16.5. The van der Waals surface area contributed by atoms with Gasteiger partial charge in [-0.25, -0.2) is 0 Å². The number of fused-ring (bicyclic) bond motifs is 1. The van der Waals surface area contributed by atoms with E-state index in [0.29, 0.717) is 19.2 Å². The first kappa shape index (κ1) is 15.6. The maximum Gasteiger partial charge on any atom is 0.128 e. The first-order valence-corrected chi connectivity index (χ1v) is 8.11. The fraction of sp³-hybridized carbons (Fsp3) is 0.300. The quantitative estimate of drug-likeness (QED) is 0.750. The Morgan fingerprint density at radius 3 is 2.43 bits per heavy atom. The Bertz CT molecular complexity index is 800. The van der Waals surface area contributed by atoms with Crippen LogP contribution in [0.3, 0.4) is 0 Å². The second kappa shape index (κ2) is 6.47. The molecule has 0 spiro atoms. The number of aryl methyl sites for hydroxylation is 1. The molecule has 0 amide bonds. The summed E-state index contributed by atoms with van der Waals surface area (Å²) in [6.45, 7) is 7.60. The van der Waals surface area contributed by atoms with Crippen molar-refractivity contribution in [2.75, 3.05) is 0 Å². The Labute approximate surface area is 137 Å². The van der Waals surface area contributed by atoms with E-state index in [9.17, 15) is 0 Å². The third kappa shape index (κ3) is 3.25. The molecule has 0 unspecified atom stereocenters. The van der Waals surface area contributed by atoms with Crippen molar-refractivity contribution < 1.29 is 4.74 Å². The van der Waals surface area contributed by atoms with Crippen LogP contribution in [0.2, 0.25) is 0 Å². The van der Waals surface area contributed by atoms with Gasteiger partial charge in [-0.2, -0.15) is 0 Å². The van der Waals surface area contributed by atoms with Gasteiger partial charge in [0.05, 0.1) is 5.69 Å². The zero-order chi connectivity index (χ0) is 16.4. The van der Waals surface area contributed by atoms with Crippen LogP contribution in [0.5, 0.6) is 5.75 Å². The smallest absolute Gasteiger partial charge is 0.128 e. The van der Waals surface area contributed by atoms with Crippen molar-refractivity contribution >= 4 is 10.9 Å². The first-order chi connectivity index (χ1) is 11.1. The molecule has 2 N–H and O–H groups in total. The van der Waals surface area contributed by atoms with E-state index in [0.717, 1.165) is 11.3 Å². The summed E-state index contributed by atoms with van der Waals surface area (Å²) in [7, 11) is 0. The molecule has 1 heterocycles. The van der Waals surface area contributed by atoms with Crippen molar-refractivity contribution in [2.45, 2.75) is 40.0 Å². The van der Waals surface area contributed by atoms with Crippen molar-refractivity contribution in [2.24, 2.45) is 5.73 Å². The monoisotopic (exact) mass is 308 g/mol. The van der Waals surface area contributed by atoms with E-state index >= 15 is 0 Å². The molecule has 0 aliphatic rings. The lowest BCUT2D eigenvalue weighted by atomic mass is 10.1. The average Bonchev–Trinajstić information content (AvgIpc) is 2.91. The highest BCUT2D eigenvalue weighted by Gasteiger charge is 2.12. The molecule has 1 aromatic heterocycles. The Kier molecular flexibility index (Phi) is 4.39. The van der Waals surface area contributed by atoms with E-state index in [-0.39, 0.29) is 0 Å². The fourth-order valence-electron chi connectivity index (χ4n) is 2.96. The van der Waals surface area contributed by atoms with Gasteiger partial charge in [-0.15, -0.1) is 0 Å². The van der Waals surface area contributed by atoms with Gasteiger partial charge in [0.2, 0.25) is 0 Å². The Hall–Kier alpha value is -2.26. The number of nitrogens with two attached hydrogens (primary N) is 1. The van der Waals surface area contributed by atoms with Crippen LogP contribution in [-0.2, 0) is 13.2 Å². The van der Waals surface area contributed by atoms with Crippen LogP contribution in [0.15, 0.2) is 48.5 Å². The number of nitrogens with zero attached hydrogens (tertiary/aromatic N) is 1. The molecular weight excluding hydrogens is 284 g/mol. The standard InChI is InChI=1S/C20H24N2O/c1-14(2)22-18(13-23-19-8-4-15(3)5-9-19)11-17-7-6-16(12-21)10-20(17)22/h4-11,14H,12-13,21H2,1-3H3. The summed E-state index contributed by atoms with van der Waals surface area (Å²) in [5, 5.41) is 1.23. The molecule has 23 heavy (non-hydrogen) atoms. The van der Waals surface area contributed by atoms with Crippen LogP contribution in [0, 0.1) is 6.92 Å². The molecule has 0 aliphatic heterocycles. The van der Waals surface area contributed by atoms with Gasteiger partial charge < -0.3 is 15.0 Å². The van der Waals surface area contributed by atoms with Gasteiger partial charge in [0.1, 0.15) is 12.4 Å². The van der Waals surface area contributed by atoms with Crippen LogP contribution in [0.25, 0.3) is 10.9 Å². The molecule has 3 aromatic rings. The molecule has 0 saturated heterocycles. The summed E-state index contributed by atoms with van der Waals surface area (Å²) in [5.41, 5.74) is 10.6. The maximum absolute atomic E-state index is 5.98. The maximum atomic E-state index is 5.98. The SMILES string of the molecule is Cc1ccc(OCc2cc3ccc(CN)cc3n2C(C)C)cc1. The second-order valence-corrected chi connectivity index (χ2v) is 6.30. The molecule has 0 atom stereocenters. The molecule has 120 valence electrons. The van der Waals surface area contributed by atoms with E-state index < -0.39 is 0 Å². The van der Waals surface area contributed by atoms with Crippen molar-refractivity contribution in [1.82, 2.24) is 4.57 Å². The second-order valence-electron chi connectivity index (χ2n) is 6.30. The van der Waals surface area contributed by atoms with Gasteiger partial charge in [-0.3, -0.25) is 0 Å². The van der Waals surface area contributed by atoms with Gasteiger partial charge in [-0.1, -0.05) is 29.8 Å². The zero-order valence-corrected chi connectivity index (χ0v) is 14.0. The third-order valence-electron chi connectivity index (χ3n) is 4.15. The number of aromatic nitrogens is 1. The normalized spacial score (nSPS) is 11.3. The summed E-state index contributed by atoms with van der Waals surface area (Å²) < 4.78 is 8.31. The lowest BCUT2D eigenvalue weighted by molar-refractivity contribution is 0.293. The minimum absolute atomic E-state index is 0.372. The highest BCUT2D eigenvalue weighted by Crippen LogP contribution is 2.26. The van der Waals surface area contributed by atoms with E-state index in [1.54, 1.807) is 0 Å². The Morgan fingerprint density at radius 1 is 1.04 bits per heavy atom. The van der Waals surface area contributed by atoms with Gasteiger partial charge >= 0.3 is 0 Å². The van der Waals surface area contributed by atoms with Crippen LogP contribution >= 0.6 is 0 Å². The van der Waals surface area contributed by atoms with Crippen molar-refractivity contribution in [3.05, 3.63) is 65.4 Å². The lowest BCUT2D eigenvalue weighted by Crippen LogP contribution is -2.08. The molecular formula is C20H24N2O. The van der Waals surface area contributed by atoms with Crippen molar-refractivity contribution in [3.63, 3.8) is 0 Å². The number of hydrogen-bond donors (Lipinski definition) is 1. The van der Waals surface area contributed by atoms with Gasteiger partial charge in [-0.05, 0) is 50.6 Å². The largest absolute Gasteiger partial charge is 0.487 e. The number of rotatable bonds is 5. The van der Waals surface area contributed by atoms with Crippen LogP contribution < -0.4 is 10.5 Å². The summed E-state index contributed by atoms with van der Waals surface area (Å²) in [4.78, 5) is 0. The topological polar surface area (TPSA) is 40.2 Å². The Balaban J connectivity index is 1.93. The predicted octanol–water partition coefficient (Wildman–Crippen LogP) is 4.57. The zero-order valence-electron chi connectivity index (χ0n) is 14.0. The average molecular weight is 308 g/mol. The third-order valence-corrected chi connectivity index (χ3v) is 4.15. The fourth-order valence-corrected chi connectivity index (χ4v) is 2.96. The molecule has 0 radical (unpaired) electrons. The van der Waals surface area contributed by atoms with E-state index in [1.165, 1.54) is 22.2 Å². The summed E-state index contributed by atoms with van der Waals surface area (Å²) >= 11 is 0. The summed E-state index contributed by atoms with van der Waals surface area (Å²) in [5.74, 6) is 0.902. The van der Waals surface area contributed by atoms with Crippen molar-refractivity contribution in [3.8, 4) is 5.75 Å². The molecule has 3 heteroatoms. The predicted molar refractivity (Wildman–Crippen MR) is 95.7 cm³/mol. The lowest BCUT2D eigenvalue weighted by Gasteiger charge is -2.16. The molecule has 3 nitrogen and oxygen atoms in total. The van der Waals surface area contributed by atoms with Gasteiger partial charge in [0, 0.05) is 23.5 Å². The first-order valence-electron chi connectivity index (χ1n) is 8.11. The molecule has 2 aromatic carbocycles. The number of benzene rings is 2. The van der Waals surface area contributed by atoms with Crippen LogP contribution in [0.4, 0.5) is 0 Å². The summed E-state index contributed by atoms with van der Waals surface area (Å²) in [6.07, 6.45) is 0. The molecule has 3 rings (SSSR count). The van der Waals surface area contributed by atoms with Crippen LogP contribution in [0.1, 0.15) is 36.7 Å². The minimum Gasteiger partial charge on any atom is -0.487 e. The highest BCUT2D eigenvalue weighted by molar-refractivity contribution is 5.82. The van der Waals surface area contributed by atoms with Crippen molar-refractivity contribution in [1.29, 1.82) is 0 Å². The van der Waals surface area contributed by atoms with E-state index in [1.807, 2.05) is 12.1 Å². The molecule has 0 fully saturated rings. The van der Waals surface area contributed by atoms with E-state index in [4.69, 9.17) is 10.5 Å². The van der Waals surface area contributed by atoms with Gasteiger partial charge in [0.25, 0.3) is 0 Å². The van der Waals surface area contributed by atoms with Crippen LogP contribution in [-0.4, -0.2) is 4.57 Å². The number of hydrogen-bond acceptors (Lipinski definition) is 2. The molecule has 0 aliphatic carbocycles. The minimum atomic E-state index is 0.372.